The smallest absolute Gasteiger partial charge is 0.404 e. The van der Waals surface area contributed by atoms with Crippen LogP contribution >= 0.6 is 11.6 Å². The van der Waals surface area contributed by atoms with E-state index in [0.717, 1.165) is 0 Å². The Balaban J connectivity index is 2.32. The second kappa shape index (κ2) is 8.03. The molecule has 0 aromatic heterocycles. The van der Waals surface area contributed by atoms with Gasteiger partial charge in [0.2, 0.25) is 10.0 Å². The number of hydrogen-bond donors (Lipinski definition) is 3. The number of carbonyl (C=O) groups is 2. The van der Waals surface area contributed by atoms with Crippen molar-refractivity contribution in [2.45, 2.75) is 26.0 Å². The molecule has 0 aliphatic carbocycles. The quantitative estimate of drug-likeness (QED) is 0.457. The van der Waals surface area contributed by atoms with Gasteiger partial charge in [-0.3, -0.25) is 0 Å². The van der Waals surface area contributed by atoms with Gasteiger partial charge in [-0.2, -0.15) is 0 Å². The van der Waals surface area contributed by atoms with Gasteiger partial charge >= 0.3 is 12.1 Å². The number of carboxylic acid groups (broad SMARTS) is 1. The van der Waals surface area contributed by atoms with E-state index in [4.69, 9.17) is 21.4 Å². The second-order valence-electron chi connectivity index (χ2n) is 5.60. The number of nitrogens with one attached hydrogen (secondary N) is 2. The zero-order valence-corrected chi connectivity index (χ0v) is 15.1. The topological polar surface area (TPSA) is 122 Å². The number of rotatable bonds is 8. The first-order chi connectivity index (χ1) is 11.7. The van der Waals surface area contributed by atoms with Gasteiger partial charge in [0.25, 0.3) is 0 Å². The fourth-order valence-electron chi connectivity index (χ4n) is 2.67. The van der Waals surface area contributed by atoms with E-state index in [1.807, 2.05) is 0 Å². The Morgan fingerprint density at radius 1 is 1.44 bits per heavy atom. The number of alkyl halides is 1. The normalized spacial score (nSPS) is 14.7. The highest BCUT2D eigenvalue weighted by Crippen LogP contribution is 2.29. The summed E-state index contributed by atoms with van der Waals surface area (Å²) in [5.74, 6) is -0.380. The van der Waals surface area contributed by atoms with Crippen molar-refractivity contribution in [3.63, 3.8) is 0 Å². The third-order valence-corrected chi connectivity index (χ3v) is 5.65. The first-order valence-electron chi connectivity index (χ1n) is 7.57. The minimum atomic E-state index is -3.65. The largest absolute Gasteiger partial charge is 0.465 e. The van der Waals surface area contributed by atoms with Gasteiger partial charge < -0.3 is 15.2 Å². The van der Waals surface area contributed by atoms with Crippen LogP contribution in [0.2, 0.25) is 0 Å². The highest BCUT2D eigenvalue weighted by Gasteiger charge is 2.28. The van der Waals surface area contributed by atoms with Crippen molar-refractivity contribution in [3.8, 4) is 0 Å². The first-order valence-corrected chi connectivity index (χ1v) is 9.76. The Kier molecular flexibility index (Phi) is 6.26. The van der Waals surface area contributed by atoms with E-state index in [1.54, 1.807) is 19.1 Å². The molecule has 10 heteroatoms. The molecule has 2 rings (SSSR count). The SMILES string of the molecule is Cc1c(C(CNC(=O)O)NS(=O)(=O)CCCCl)ccc2c1COC2=O. The molecule has 3 N–H and O–H groups in total. The van der Waals surface area contributed by atoms with Gasteiger partial charge in [0.05, 0.1) is 17.4 Å². The van der Waals surface area contributed by atoms with Crippen LogP contribution in [-0.2, 0) is 21.4 Å². The van der Waals surface area contributed by atoms with Crippen LogP contribution in [0.1, 0.15) is 39.5 Å². The molecule has 1 heterocycles. The molecule has 1 aromatic carbocycles. The molecular formula is C15H19ClN2O6S. The Bertz CT molecular complexity index is 780. The molecule has 1 amide bonds. The second-order valence-corrected chi connectivity index (χ2v) is 7.85. The van der Waals surface area contributed by atoms with Gasteiger partial charge in [0, 0.05) is 18.0 Å². The zero-order chi connectivity index (χ0) is 18.6. The standard InChI is InChI=1S/C15H19ClN2O6S/c1-9-10(3-4-11-12(9)8-24-14(11)19)13(7-17-15(20)21)18-25(22,23)6-2-5-16/h3-4,13,17-18H,2,5-8H2,1H3,(H,20,21). The maximum Gasteiger partial charge on any atom is 0.404 e. The predicted molar refractivity (Wildman–Crippen MR) is 91.3 cm³/mol. The number of esters is 1. The van der Waals surface area contributed by atoms with Crippen molar-refractivity contribution in [2.24, 2.45) is 0 Å². The van der Waals surface area contributed by atoms with Crippen LogP contribution in [0.3, 0.4) is 0 Å². The molecule has 8 nitrogen and oxygen atoms in total. The maximum atomic E-state index is 12.2. The number of amides is 1. The first kappa shape index (κ1) is 19.5. The maximum absolute atomic E-state index is 12.2. The number of halogens is 1. The lowest BCUT2D eigenvalue weighted by atomic mass is 9.94. The van der Waals surface area contributed by atoms with Crippen LogP contribution in [0, 0.1) is 6.92 Å². The lowest BCUT2D eigenvalue weighted by molar-refractivity contribution is 0.0535. The Morgan fingerprint density at radius 3 is 2.80 bits per heavy atom. The van der Waals surface area contributed by atoms with E-state index in [1.165, 1.54) is 0 Å². The molecule has 0 radical (unpaired) electrons. The number of ether oxygens (including phenoxy) is 1. The molecule has 1 atom stereocenters. The summed E-state index contributed by atoms with van der Waals surface area (Å²) >= 11 is 5.54. The Morgan fingerprint density at radius 2 is 2.16 bits per heavy atom. The monoisotopic (exact) mass is 390 g/mol. The van der Waals surface area contributed by atoms with E-state index in [2.05, 4.69) is 10.0 Å². The summed E-state index contributed by atoms with van der Waals surface area (Å²) in [6.45, 7) is 1.72. The van der Waals surface area contributed by atoms with Crippen molar-refractivity contribution in [3.05, 3.63) is 34.4 Å². The van der Waals surface area contributed by atoms with E-state index in [0.29, 0.717) is 22.3 Å². The van der Waals surface area contributed by atoms with Crippen LogP contribution in [0.5, 0.6) is 0 Å². The van der Waals surface area contributed by atoms with Crippen molar-refractivity contribution in [2.75, 3.05) is 18.2 Å². The van der Waals surface area contributed by atoms with Gasteiger partial charge in [0.15, 0.2) is 0 Å². The fraction of sp³-hybridized carbons (Fsp3) is 0.467. The van der Waals surface area contributed by atoms with E-state index < -0.39 is 28.1 Å². The number of fused-ring (bicyclic) bond motifs is 1. The number of benzene rings is 1. The Labute approximate surface area is 150 Å². The summed E-state index contributed by atoms with van der Waals surface area (Å²) in [5, 5.41) is 11.0. The minimum Gasteiger partial charge on any atom is -0.465 e. The van der Waals surface area contributed by atoms with Gasteiger partial charge in [-0.15, -0.1) is 11.6 Å². The predicted octanol–water partition coefficient (Wildman–Crippen LogP) is 1.52. The summed E-state index contributed by atoms with van der Waals surface area (Å²) < 4.78 is 31.9. The van der Waals surface area contributed by atoms with Crippen molar-refractivity contribution >= 4 is 33.7 Å². The van der Waals surface area contributed by atoms with Gasteiger partial charge in [-0.25, -0.2) is 22.7 Å². The average molecular weight is 391 g/mol. The lowest BCUT2D eigenvalue weighted by Gasteiger charge is -2.22. The van der Waals surface area contributed by atoms with E-state index >= 15 is 0 Å². The molecule has 25 heavy (non-hydrogen) atoms. The van der Waals surface area contributed by atoms with Crippen LogP contribution in [0.25, 0.3) is 0 Å². The molecule has 0 spiro atoms. The summed E-state index contributed by atoms with van der Waals surface area (Å²) in [6.07, 6.45) is -0.983. The average Bonchev–Trinajstić information content (AvgIpc) is 2.92. The van der Waals surface area contributed by atoms with Crippen LogP contribution in [0.4, 0.5) is 4.79 Å². The highest BCUT2D eigenvalue weighted by molar-refractivity contribution is 7.89. The molecule has 0 fully saturated rings. The molecule has 1 aromatic rings. The molecule has 1 aliphatic rings. The van der Waals surface area contributed by atoms with E-state index in [-0.39, 0.29) is 31.2 Å². The van der Waals surface area contributed by atoms with Crippen molar-refractivity contribution < 1.29 is 27.9 Å². The summed E-state index contributed by atoms with van der Waals surface area (Å²) in [4.78, 5) is 22.4. The van der Waals surface area contributed by atoms with Crippen molar-refractivity contribution in [1.82, 2.24) is 10.0 Å². The molecule has 1 aliphatic heterocycles. The van der Waals surface area contributed by atoms with Gasteiger partial charge in [-0.1, -0.05) is 6.07 Å². The fourth-order valence-corrected chi connectivity index (χ4v) is 4.25. The van der Waals surface area contributed by atoms with Gasteiger partial charge in [-0.05, 0) is 30.5 Å². The molecule has 1 unspecified atom stereocenters. The van der Waals surface area contributed by atoms with Crippen LogP contribution < -0.4 is 10.0 Å². The molecule has 0 saturated carbocycles. The minimum absolute atomic E-state index is 0.117. The highest BCUT2D eigenvalue weighted by atomic mass is 35.5. The summed E-state index contributed by atoms with van der Waals surface area (Å²) in [7, 11) is -3.65. The van der Waals surface area contributed by atoms with Crippen LogP contribution in [-0.4, -0.2) is 43.8 Å². The number of carbonyl (C=O) groups excluding carboxylic acids is 1. The zero-order valence-electron chi connectivity index (χ0n) is 13.5. The molecule has 0 bridgehead atoms. The summed E-state index contributed by atoms with van der Waals surface area (Å²) in [5.41, 5.74) is 2.40. The van der Waals surface area contributed by atoms with Gasteiger partial charge in [0.1, 0.15) is 6.61 Å². The number of sulfonamides is 1. The number of hydrogen-bond acceptors (Lipinski definition) is 5. The molecule has 138 valence electrons. The summed E-state index contributed by atoms with van der Waals surface area (Å²) in [6, 6.07) is 2.37. The van der Waals surface area contributed by atoms with Crippen molar-refractivity contribution in [1.29, 1.82) is 0 Å². The Hall–Kier alpha value is -1.84. The van der Waals surface area contributed by atoms with Crippen LogP contribution in [0.15, 0.2) is 12.1 Å². The number of cyclic esters (lactones) is 1. The third kappa shape index (κ3) is 4.83. The molecule has 0 saturated heterocycles. The molecular weight excluding hydrogens is 372 g/mol. The van der Waals surface area contributed by atoms with E-state index in [9.17, 15) is 18.0 Å². The third-order valence-electron chi connectivity index (χ3n) is 3.91. The lowest BCUT2D eigenvalue weighted by Crippen LogP contribution is -2.38.